The summed E-state index contributed by atoms with van der Waals surface area (Å²) in [7, 11) is 0. The molecule has 3 rings (SSSR count). The number of pyridine rings is 1. The molecule has 0 spiro atoms. The molecule has 0 bridgehead atoms. The average molecular weight is 237 g/mol. The van der Waals surface area contributed by atoms with Crippen LogP contribution in [0.5, 0.6) is 0 Å². The molecule has 4 heteroatoms. The number of amides is 1. The minimum Gasteiger partial charge on any atom is -0.398 e. The lowest BCUT2D eigenvalue weighted by atomic mass is 10.1. The highest BCUT2D eigenvalue weighted by molar-refractivity contribution is 6.08. The summed E-state index contributed by atoms with van der Waals surface area (Å²) in [5.41, 5.74) is 14.1. The first kappa shape index (κ1) is 10.5. The molecule has 0 aliphatic rings. The van der Waals surface area contributed by atoms with Crippen LogP contribution in [-0.4, -0.2) is 10.9 Å². The number of para-hydroxylation sites is 1. The molecule has 0 radical (unpaired) electrons. The number of nitrogen functional groups attached to an aromatic ring is 1. The van der Waals surface area contributed by atoms with Gasteiger partial charge in [0.05, 0.1) is 16.7 Å². The predicted octanol–water partition coefficient (Wildman–Crippen LogP) is 2.07. The molecule has 88 valence electrons. The number of nitrogens with zero attached hydrogens (tertiary/aromatic N) is 1. The highest BCUT2D eigenvalue weighted by Crippen LogP contribution is 2.28. The molecule has 0 atom stereocenters. The molecule has 1 aromatic heterocycles. The Kier molecular flexibility index (Phi) is 2.16. The molecule has 0 unspecified atom stereocenters. The third-order valence-electron chi connectivity index (χ3n) is 3.01. The maximum Gasteiger partial charge on any atom is 0.248 e. The van der Waals surface area contributed by atoms with E-state index in [4.69, 9.17) is 11.5 Å². The number of rotatable bonds is 1. The molecule has 2 aromatic carbocycles. The maximum atomic E-state index is 11.2. The third kappa shape index (κ3) is 1.47. The second kappa shape index (κ2) is 3.70. The summed E-state index contributed by atoms with van der Waals surface area (Å²) in [6, 6.07) is 12.8. The smallest absolute Gasteiger partial charge is 0.248 e. The first-order chi connectivity index (χ1) is 8.66. The molecule has 0 aliphatic carbocycles. The minimum absolute atomic E-state index is 0.436. The molecule has 18 heavy (non-hydrogen) atoms. The SMILES string of the molecule is NC(=O)c1ccc2nc3ccccc3c(N)c2c1. The van der Waals surface area contributed by atoms with E-state index in [1.54, 1.807) is 18.2 Å². The number of benzene rings is 2. The first-order valence-corrected chi connectivity index (χ1v) is 5.54. The van der Waals surface area contributed by atoms with Crippen LogP contribution < -0.4 is 11.5 Å². The standard InChI is InChI=1S/C14H11N3O/c15-13-9-3-1-2-4-11(9)17-12-6-5-8(14(16)18)7-10(12)13/h1-7H,(H2,15,17)(H2,16,18). The maximum absolute atomic E-state index is 11.2. The lowest BCUT2D eigenvalue weighted by molar-refractivity contribution is 0.100. The Balaban J connectivity index is 2.45. The molecule has 0 aliphatic heterocycles. The number of primary amides is 1. The van der Waals surface area contributed by atoms with Crippen LogP contribution in [0.3, 0.4) is 0 Å². The number of hydrogen-bond acceptors (Lipinski definition) is 3. The van der Waals surface area contributed by atoms with Crippen molar-refractivity contribution < 1.29 is 4.79 Å². The number of anilines is 1. The van der Waals surface area contributed by atoms with Gasteiger partial charge in [-0.15, -0.1) is 0 Å². The number of aromatic nitrogens is 1. The van der Waals surface area contributed by atoms with Gasteiger partial charge >= 0.3 is 0 Å². The minimum atomic E-state index is -0.468. The summed E-state index contributed by atoms with van der Waals surface area (Å²) >= 11 is 0. The highest BCUT2D eigenvalue weighted by Gasteiger charge is 2.08. The van der Waals surface area contributed by atoms with Gasteiger partial charge in [0, 0.05) is 16.3 Å². The van der Waals surface area contributed by atoms with Crippen LogP contribution in [-0.2, 0) is 0 Å². The summed E-state index contributed by atoms with van der Waals surface area (Å²) in [5, 5.41) is 1.64. The number of hydrogen-bond donors (Lipinski definition) is 2. The Bertz CT molecular complexity index is 780. The van der Waals surface area contributed by atoms with Crippen molar-refractivity contribution in [2.24, 2.45) is 5.73 Å². The third-order valence-corrected chi connectivity index (χ3v) is 3.01. The van der Waals surface area contributed by atoms with Crippen LogP contribution in [0.25, 0.3) is 21.8 Å². The average Bonchev–Trinajstić information content (AvgIpc) is 2.38. The summed E-state index contributed by atoms with van der Waals surface area (Å²) in [5.74, 6) is -0.468. The van der Waals surface area contributed by atoms with Crippen LogP contribution in [0.2, 0.25) is 0 Å². The van der Waals surface area contributed by atoms with E-state index in [2.05, 4.69) is 4.98 Å². The number of nitrogens with two attached hydrogens (primary N) is 2. The van der Waals surface area contributed by atoms with Crippen molar-refractivity contribution >= 4 is 33.4 Å². The number of carbonyl (C=O) groups excluding carboxylic acids is 1. The van der Waals surface area contributed by atoms with Gasteiger partial charge in [-0.1, -0.05) is 18.2 Å². The highest BCUT2D eigenvalue weighted by atomic mass is 16.1. The van der Waals surface area contributed by atoms with E-state index in [-0.39, 0.29) is 0 Å². The Morgan fingerprint density at radius 1 is 1.00 bits per heavy atom. The molecule has 0 saturated carbocycles. The Labute approximate surface area is 103 Å². The zero-order valence-corrected chi connectivity index (χ0v) is 9.55. The largest absolute Gasteiger partial charge is 0.398 e. The van der Waals surface area contributed by atoms with Crippen LogP contribution in [0.1, 0.15) is 10.4 Å². The molecular formula is C14H11N3O. The zero-order chi connectivity index (χ0) is 12.7. The van der Waals surface area contributed by atoms with Gasteiger partial charge in [0.2, 0.25) is 5.91 Å². The molecule has 0 saturated heterocycles. The lowest BCUT2D eigenvalue weighted by Gasteiger charge is -2.07. The van der Waals surface area contributed by atoms with Crippen LogP contribution in [0.4, 0.5) is 5.69 Å². The van der Waals surface area contributed by atoms with E-state index in [0.29, 0.717) is 11.3 Å². The van der Waals surface area contributed by atoms with Crippen LogP contribution in [0.15, 0.2) is 42.5 Å². The van der Waals surface area contributed by atoms with Crippen molar-refractivity contribution in [1.29, 1.82) is 0 Å². The Hall–Kier alpha value is -2.62. The normalized spacial score (nSPS) is 10.9. The summed E-state index contributed by atoms with van der Waals surface area (Å²) in [6.45, 7) is 0. The summed E-state index contributed by atoms with van der Waals surface area (Å²) in [4.78, 5) is 15.7. The van der Waals surface area contributed by atoms with Crippen LogP contribution >= 0.6 is 0 Å². The predicted molar refractivity (Wildman–Crippen MR) is 72.2 cm³/mol. The fraction of sp³-hybridized carbons (Fsp3) is 0. The van der Waals surface area contributed by atoms with Gasteiger partial charge in [-0.2, -0.15) is 0 Å². The second-order valence-electron chi connectivity index (χ2n) is 4.14. The van der Waals surface area contributed by atoms with Gasteiger partial charge in [-0.3, -0.25) is 4.79 Å². The summed E-state index contributed by atoms with van der Waals surface area (Å²) in [6.07, 6.45) is 0. The molecule has 3 aromatic rings. The molecule has 0 fully saturated rings. The molecule has 4 N–H and O–H groups in total. The fourth-order valence-corrected chi connectivity index (χ4v) is 2.08. The molecule has 4 nitrogen and oxygen atoms in total. The van der Waals surface area contributed by atoms with E-state index < -0.39 is 5.91 Å². The van der Waals surface area contributed by atoms with Gasteiger partial charge in [0.1, 0.15) is 0 Å². The van der Waals surface area contributed by atoms with Crippen molar-refractivity contribution in [2.45, 2.75) is 0 Å². The van der Waals surface area contributed by atoms with E-state index in [1.807, 2.05) is 24.3 Å². The van der Waals surface area contributed by atoms with Crippen molar-refractivity contribution in [3.8, 4) is 0 Å². The van der Waals surface area contributed by atoms with Crippen molar-refractivity contribution in [3.05, 3.63) is 48.0 Å². The fourth-order valence-electron chi connectivity index (χ4n) is 2.08. The van der Waals surface area contributed by atoms with E-state index in [9.17, 15) is 4.79 Å². The molecular weight excluding hydrogens is 226 g/mol. The Morgan fingerprint density at radius 2 is 1.72 bits per heavy atom. The Morgan fingerprint density at radius 3 is 2.50 bits per heavy atom. The topological polar surface area (TPSA) is 82.0 Å². The van der Waals surface area contributed by atoms with Gasteiger partial charge in [-0.25, -0.2) is 4.98 Å². The van der Waals surface area contributed by atoms with Crippen molar-refractivity contribution in [1.82, 2.24) is 4.98 Å². The van der Waals surface area contributed by atoms with Crippen LogP contribution in [0, 0.1) is 0 Å². The first-order valence-electron chi connectivity index (χ1n) is 5.54. The van der Waals surface area contributed by atoms with E-state index >= 15 is 0 Å². The quantitative estimate of drug-likeness (QED) is 0.635. The van der Waals surface area contributed by atoms with Gasteiger partial charge in [-0.05, 0) is 24.3 Å². The van der Waals surface area contributed by atoms with E-state index in [0.717, 1.165) is 21.8 Å². The number of fused-ring (bicyclic) bond motifs is 2. The zero-order valence-electron chi connectivity index (χ0n) is 9.55. The van der Waals surface area contributed by atoms with Crippen molar-refractivity contribution in [3.63, 3.8) is 0 Å². The molecule has 1 amide bonds. The van der Waals surface area contributed by atoms with Crippen molar-refractivity contribution in [2.75, 3.05) is 5.73 Å². The monoisotopic (exact) mass is 237 g/mol. The molecule has 1 heterocycles. The number of carbonyl (C=O) groups is 1. The van der Waals surface area contributed by atoms with Gasteiger partial charge in [0.15, 0.2) is 0 Å². The van der Waals surface area contributed by atoms with E-state index in [1.165, 1.54) is 0 Å². The second-order valence-corrected chi connectivity index (χ2v) is 4.14. The van der Waals surface area contributed by atoms with Gasteiger partial charge in [0.25, 0.3) is 0 Å². The lowest BCUT2D eigenvalue weighted by Crippen LogP contribution is -2.10. The van der Waals surface area contributed by atoms with Gasteiger partial charge < -0.3 is 11.5 Å². The summed E-state index contributed by atoms with van der Waals surface area (Å²) < 4.78 is 0.